The van der Waals surface area contributed by atoms with E-state index in [1.807, 2.05) is 30.5 Å². The number of carbonyl (C=O) groups excluding carboxylic acids is 2. The molecule has 0 amide bonds. The third kappa shape index (κ3) is 2.77. The average molecular weight is 430 g/mol. The fourth-order valence-corrected chi connectivity index (χ4v) is 6.70. The third-order valence-corrected chi connectivity index (χ3v) is 8.36. The summed E-state index contributed by atoms with van der Waals surface area (Å²) in [6.45, 7) is 2.24. The first kappa shape index (κ1) is 19.9. The van der Waals surface area contributed by atoms with Gasteiger partial charge in [-0.15, -0.1) is 0 Å². The molecule has 1 aromatic carbocycles. The van der Waals surface area contributed by atoms with Crippen LogP contribution < -0.4 is 0 Å². The van der Waals surface area contributed by atoms with Gasteiger partial charge in [0.05, 0.1) is 5.57 Å². The molecule has 5 atom stereocenters. The van der Waals surface area contributed by atoms with E-state index in [9.17, 15) is 14.7 Å². The van der Waals surface area contributed by atoms with E-state index in [2.05, 4.69) is 18.0 Å². The van der Waals surface area contributed by atoms with Crippen molar-refractivity contribution in [3.63, 3.8) is 0 Å². The van der Waals surface area contributed by atoms with Crippen LogP contribution in [-0.2, 0) is 14.3 Å². The summed E-state index contributed by atoms with van der Waals surface area (Å²) in [5.41, 5.74) is 2.73. The number of nitrogens with zero attached hydrogens (tertiary/aromatic N) is 1. The van der Waals surface area contributed by atoms with E-state index in [1.165, 1.54) is 0 Å². The van der Waals surface area contributed by atoms with Crippen LogP contribution in [0.1, 0.15) is 50.5 Å². The summed E-state index contributed by atoms with van der Waals surface area (Å²) >= 11 is 0. The van der Waals surface area contributed by atoms with Crippen molar-refractivity contribution in [3.05, 3.63) is 65.2 Å². The zero-order chi connectivity index (χ0) is 22.0. The normalized spacial score (nSPS) is 34.0. The third-order valence-electron chi connectivity index (χ3n) is 8.36. The van der Waals surface area contributed by atoms with Gasteiger partial charge in [-0.05, 0) is 52.8 Å². The van der Waals surface area contributed by atoms with Gasteiger partial charge >= 0.3 is 0 Å². The van der Waals surface area contributed by atoms with Gasteiger partial charge in [0.15, 0.2) is 5.78 Å². The Bertz CT molecular complexity index is 1210. The largest absolute Gasteiger partial charge is 0.489 e. The van der Waals surface area contributed by atoms with Gasteiger partial charge in [0.25, 0.3) is 0 Å². The molecule has 32 heavy (non-hydrogen) atoms. The molecule has 0 bridgehead atoms. The molecule has 2 aromatic rings. The number of hydrogen-bond donors (Lipinski definition) is 1. The molecule has 1 unspecified atom stereocenters. The summed E-state index contributed by atoms with van der Waals surface area (Å²) in [6, 6.07) is 8.18. The Balaban J connectivity index is 1.39. The molecule has 2 heterocycles. The Kier molecular flexibility index (Phi) is 4.41. The molecular formula is C27H27NO4. The van der Waals surface area contributed by atoms with Crippen LogP contribution in [0.4, 0.5) is 0 Å². The molecule has 0 radical (unpaired) electrons. The molecular weight excluding hydrogens is 402 g/mol. The molecule has 1 aromatic heterocycles. The number of aliphatic hydroxyl groups excluding tert-OH is 1. The predicted molar refractivity (Wildman–Crippen MR) is 120 cm³/mol. The van der Waals surface area contributed by atoms with E-state index in [0.717, 1.165) is 34.8 Å². The minimum Gasteiger partial charge on any atom is -0.489 e. The van der Waals surface area contributed by atoms with Crippen LogP contribution in [0.2, 0.25) is 0 Å². The Labute approximate surface area is 187 Å². The van der Waals surface area contributed by atoms with Crippen molar-refractivity contribution in [1.82, 2.24) is 4.98 Å². The van der Waals surface area contributed by atoms with Gasteiger partial charge in [0, 0.05) is 55.5 Å². The number of carbonyl (C=O) groups is 2. The van der Waals surface area contributed by atoms with Gasteiger partial charge in [0.1, 0.15) is 17.6 Å². The van der Waals surface area contributed by atoms with Crippen molar-refractivity contribution >= 4 is 22.3 Å². The van der Waals surface area contributed by atoms with E-state index >= 15 is 0 Å². The molecule has 2 saturated carbocycles. The summed E-state index contributed by atoms with van der Waals surface area (Å²) in [5, 5.41) is 11.8. The number of hydrogen-bond acceptors (Lipinski definition) is 5. The fraction of sp³-hybridized carbons (Fsp3) is 0.444. The topological polar surface area (TPSA) is 76.5 Å². The summed E-state index contributed by atoms with van der Waals surface area (Å²) in [7, 11) is 0. The van der Waals surface area contributed by atoms with Crippen molar-refractivity contribution in [2.45, 2.75) is 51.0 Å². The summed E-state index contributed by atoms with van der Waals surface area (Å²) < 4.78 is 6.51. The lowest BCUT2D eigenvalue weighted by Gasteiger charge is -2.47. The van der Waals surface area contributed by atoms with Gasteiger partial charge < -0.3 is 9.84 Å². The van der Waals surface area contributed by atoms with E-state index < -0.39 is 0 Å². The van der Waals surface area contributed by atoms with Crippen LogP contribution in [0, 0.1) is 17.3 Å². The highest BCUT2D eigenvalue weighted by molar-refractivity contribution is 6.00. The molecule has 164 valence electrons. The first-order chi connectivity index (χ1) is 15.5. The first-order valence-electron chi connectivity index (χ1n) is 11.6. The van der Waals surface area contributed by atoms with Crippen LogP contribution in [0.5, 0.6) is 0 Å². The Morgan fingerprint density at radius 3 is 2.91 bits per heavy atom. The van der Waals surface area contributed by atoms with Crippen LogP contribution >= 0.6 is 0 Å². The second-order valence-corrected chi connectivity index (χ2v) is 10.1. The van der Waals surface area contributed by atoms with Crippen LogP contribution in [0.25, 0.3) is 10.8 Å². The first-order valence-corrected chi connectivity index (χ1v) is 11.6. The second kappa shape index (κ2) is 7.11. The highest BCUT2D eigenvalue weighted by Gasteiger charge is 2.59. The lowest BCUT2D eigenvalue weighted by Crippen LogP contribution is -2.44. The molecule has 1 N–H and O–H groups in total. The summed E-state index contributed by atoms with van der Waals surface area (Å²) in [5.74, 6) is 0.889. The number of ether oxygens (including phenoxy) is 1. The standard InChI is InChI=1S/C27H27NO4/c1-27-7-5-16-11-20-22(30)9-15(14-29)10-24(20)32-26(16)21(27)12-23(31)25(27)19-4-2-3-17-13-28-8-6-18(17)19/h2-4,6,8,11,13,15,21,25-26,29H,5,7,9-10,12,14H2,1H3/t15?,21-,25-,26+,27-/m0/s1. The SMILES string of the molecule is C[C@]12CCC3=CC4=C(CC(CO)CC4=O)O[C@H]3[C@@H]1CC(=O)[C@@H]2c1cccc2cnccc12. The summed E-state index contributed by atoms with van der Waals surface area (Å²) in [6.07, 6.45) is 8.73. The number of rotatable bonds is 2. The van der Waals surface area contributed by atoms with E-state index in [1.54, 1.807) is 6.20 Å². The summed E-state index contributed by atoms with van der Waals surface area (Å²) in [4.78, 5) is 30.4. The lowest BCUT2D eigenvalue weighted by molar-refractivity contribution is -0.120. The van der Waals surface area contributed by atoms with Crippen molar-refractivity contribution in [1.29, 1.82) is 0 Å². The maximum atomic E-state index is 13.5. The van der Waals surface area contributed by atoms with Crippen molar-refractivity contribution < 1.29 is 19.4 Å². The average Bonchev–Trinajstić information content (AvgIpc) is 3.08. The number of pyridine rings is 1. The molecule has 5 nitrogen and oxygen atoms in total. The van der Waals surface area contributed by atoms with Gasteiger partial charge in [0.2, 0.25) is 0 Å². The number of ketones is 2. The molecule has 4 aliphatic rings. The van der Waals surface area contributed by atoms with Gasteiger partial charge in [-0.2, -0.15) is 0 Å². The van der Waals surface area contributed by atoms with Crippen molar-refractivity contribution in [2.75, 3.05) is 6.61 Å². The number of fused-ring (bicyclic) bond motifs is 4. The smallest absolute Gasteiger partial charge is 0.166 e. The molecule has 3 aliphatic carbocycles. The van der Waals surface area contributed by atoms with Crippen LogP contribution in [0.3, 0.4) is 0 Å². The Hall–Kier alpha value is -2.79. The van der Waals surface area contributed by atoms with Crippen molar-refractivity contribution in [2.24, 2.45) is 17.3 Å². The lowest BCUT2D eigenvalue weighted by atomic mass is 9.60. The minimum atomic E-state index is -0.205. The molecule has 0 saturated heterocycles. The number of benzene rings is 1. The van der Waals surface area contributed by atoms with Gasteiger partial charge in [-0.3, -0.25) is 14.6 Å². The quantitative estimate of drug-likeness (QED) is 0.772. The molecule has 2 fully saturated rings. The number of aromatic nitrogens is 1. The molecule has 6 rings (SSSR count). The zero-order valence-electron chi connectivity index (χ0n) is 18.2. The van der Waals surface area contributed by atoms with Gasteiger partial charge in [-0.1, -0.05) is 25.1 Å². The maximum absolute atomic E-state index is 13.5. The van der Waals surface area contributed by atoms with Crippen molar-refractivity contribution in [3.8, 4) is 0 Å². The number of aliphatic hydroxyl groups is 1. The van der Waals surface area contributed by atoms with E-state index in [0.29, 0.717) is 30.6 Å². The molecule has 0 spiro atoms. The highest BCUT2D eigenvalue weighted by atomic mass is 16.5. The highest BCUT2D eigenvalue weighted by Crippen LogP contribution is 2.61. The number of Topliss-reactive ketones (excluding diaryl/α,β-unsaturated/α-hetero) is 2. The van der Waals surface area contributed by atoms with Crippen LogP contribution in [0.15, 0.2) is 59.6 Å². The predicted octanol–water partition coefficient (Wildman–Crippen LogP) is 4.26. The van der Waals surface area contributed by atoms with E-state index in [4.69, 9.17) is 4.74 Å². The molecule has 1 aliphatic heterocycles. The monoisotopic (exact) mass is 429 g/mol. The fourth-order valence-electron chi connectivity index (χ4n) is 6.70. The van der Waals surface area contributed by atoms with Gasteiger partial charge in [-0.25, -0.2) is 0 Å². The Morgan fingerprint density at radius 2 is 2.06 bits per heavy atom. The van der Waals surface area contributed by atoms with E-state index in [-0.39, 0.29) is 47.4 Å². The number of allylic oxidation sites excluding steroid dienone is 3. The second-order valence-electron chi connectivity index (χ2n) is 10.1. The Morgan fingerprint density at radius 1 is 1.19 bits per heavy atom. The maximum Gasteiger partial charge on any atom is 0.166 e. The zero-order valence-corrected chi connectivity index (χ0v) is 18.2. The molecule has 5 heteroatoms. The van der Waals surface area contributed by atoms with Crippen LogP contribution in [-0.4, -0.2) is 34.4 Å². The minimum absolute atomic E-state index is 0.00917.